The fourth-order valence-corrected chi connectivity index (χ4v) is 4.70. The van der Waals surface area contributed by atoms with Gasteiger partial charge in [-0.05, 0) is 50.3 Å². The lowest BCUT2D eigenvalue weighted by atomic mass is 9.98. The molecule has 29 heavy (non-hydrogen) atoms. The molecule has 0 aliphatic carbocycles. The summed E-state index contributed by atoms with van der Waals surface area (Å²) < 4.78 is 25.9. The standard InChI is InChI=1S/C22H28FN3O2S/c1-14-8-16(10-21(25-14)27-3)9-15-4-6-26(13-15)22(2,29)17-11-20-19(12-18(17)23)24-5-7-28-20/h8,10-12,15,24,29H,4-7,9,13H2,1-3H3/t15-,22?/m1/s1. The first-order chi connectivity index (χ1) is 13.9. The summed E-state index contributed by atoms with van der Waals surface area (Å²) in [5, 5.41) is 3.18. The molecule has 1 aromatic heterocycles. The molecule has 1 fully saturated rings. The molecule has 0 saturated carbocycles. The molecule has 0 spiro atoms. The normalized spacial score (nSPS) is 21.1. The Labute approximate surface area is 177 Å². The molecular formula is C22H28FN3O2S. The summed E-state index contributed by atoms with van der Waals surface area (Å²) >= 11 is 4.90. The van der Waals surface area contributed by atoms with Crippen molar-refractivity contribution in [1.82, 2.24) is 9.88 Å². The molecule has 1 N–H and O–H groups in total. The van der Waals surface area contributed by atoms with Crippen LogP contribution in [0.5, 0.6) is 11.6 Å². The third-order valence-corrected chi connectivity index (χ3v) is 6.40. The molecule has 1 aromatic carbocycles. The second-order valence-electron chi connectivity index (χ2n) is 8.09. The van der Waals surface area contributed by atoms with Gasteiger partial charge < -0.3 is 14.8 Å². The van der Waals surface area contributed by atoms with Gasteiger partial charge in [-0.3, -0.25) is 4.90 Å². The van der Waals surface area contributed by atoms with Gasteiger partial charge in [-0.15, -0.1) is 0 Å². The van der Waals surface area contributed by atoms with Crippen molar-refractivity contribution in [2.75, 3.05) is 38.7 Å². The maximum atomic E-state index is 14.9. The number of aryl methyl sites for hydroxylation is 1. The molecule has 7 heteroatoms. The maximum absolute atomic E-state index is 14.9. The number of ether oxygens (including phenoxy) is 2. The zero-order valence-electron chi connectivity index (χ0n) is 17.2. The monoisotopic (exact) mass is 417 g/mol. The molecular weight excluding hydrogens is 389 g/mol. The Kier molecular flexibility index (Phi) is 5.62. The number of fused-ring (bicyclic) bond motifs is 1. The number of pyridine rings is 1. The molecule has 0 radical (unpaired) electrons. The third-order valence-electron chi connectivity index (χ3n) is 5.88. The van der Waals surface area contributed by atoms with Crippen LogP contribution in [0.15, 0.2) is 24.3 Å². The topological polar surface area (TPSA) is 46.6 Å². The summed E-state index contributed by atoms with van der Waals surface area (Å²) in [6, 6.07) is 7.44. The van der Waals surface area contributed by atoms with Crippen LogP contribution < -0.4 is 14.8 Å². The Morgan fingerprint density at radius 2 is 2.21 bits per heavy atom. The number of thiol groups is 1. The van der Waals surface area contributed by atoms with Crippen molar-refractivity contribution >= 4 is 18.3 Å². The van der Waals surface area contributed by atoms with Crippen molar-refractivity contribution in [3.63, 3.8) is 0 Å². The minimum atomic E-state index is -0.708. The van der Waals surface area contributed by atoms with Crippen LogP contribution in [-0.4, -0.2) is 43.2 Å². The summed E-state index contributed by atoms with van der Waals surface area (Å²) in [5.41, 5.74) is 3.45. The van der Waals surface area contributed by atoms with Gasteiger partial charge in [0.05, 0.1) is 17.7 Å². The molecule has 0 amide bonds. The van der Waals surface area contributed by atoms with Crippen LogP contribution in [0.2, 0.25) is 0 Å². The van der Waals surface area contributed by atoms with Crippen LogP contribution in [0.25, 0.3) is 0 Å². The van der Waals surface area contributed by atoms with E-state index in [-0.39, 0.29) is 5.82 Å². The lowest BCUT2D eigenvalue weighted by Crippen LogP contribution is -2.39. The molecule has 156 valence electrons. The summed E-state index contributed by atoms with van der Waals surface area (Å²) in [6.45, 7) is 6.96. The largest absolute Gasteiger partial charge is 0.490 e. The molecule has 2 aliphatic rings. The van der Waals surface area contributed by atoms with Gasteiger partial charge in [0.2, 0.25) is 5.88 Å². The highest BCUT2D eigenvalue weighted by molar-refractivity contribution is 7.81. The number of nitrogens with one attached hydrogen (secondary N) is 1. The number of likely N-dealkylation sites (tertiary alicyclic amines) is 1. The zero-order valence-corrected chi connectivity index (χ0v) is 18.1. The van der Waals surface area contributed by atoms with Gasteiger partial charge in [-0.25, -0.2) is 9.37 Å². The van der Waals surface area contributed by atoms with Crippen molar-refractivity contribution in [3.05, 3.63) is 46.9 Å². The Morgan fingerprint density at radius 1 is 1.38 bits per heavy atom. The van der Waals surface area contributed by atoms with Crippen LogP contribution in [0, 0.1) is 18.7 Å². The fourth-order valence-electron chi connectivity index (χ4n) is 4.35. The first-order valence-corrected chi connectivity index (χ1v) is 10.5. The second kappa shape index (κ2) is 8.03. The van der Waals surface area contributed by atoms with Crippen LogP contribution in [0.1, 0.15) is 30.2 Å². The molecule has 2 aromatic rings. The van der Waals surface area contributed by atoms with E-state index >= 15 is 0 Å². The number of nitrogens with zero attached hydrogens (tertiary/aromatic N) is 2. The van der Waals surface area contributed by atoms with Crippen LogP contribution in [0.3, 0.4) is 0 Å². The summed E-state index contributed by atoms with van der Waals surface area (Å²) in [7, 11) is 1.64. The minimum absolute atomic E-state index is 0.253. The molecule has 1 unspecified atom stereocenters. The number of hydrogen-bond acceptors (Lipinski definition) is 6. The van der Waals surface area contributed by atoms with Crippen molar-refractivity contribution in [1.29, 1.82) is 0 Å². The highest BCUT2D eigenvalue weighted by atomic mass is 32.1. The molecule has 4 rings (SSSR count). The fraction of sp³-hybridized carbons (Fsp3) is 0.500. The number of anilines is 1. The van der Waals surface area contributed by atoms with Gasteiger partial charge >= 0.3 is 0 Å². The first-order valence-electron chi connectivity index (χ1n) is 10.1. The number of aromatic nitrogens is 1. The summed E-state index contributed by atoms with van der Waals surface area (Å²) in [4.78, 5) is 5.91. The first kappa shape index (κ1) is 20.3. The molecule has 3 heterocycles. The second-order valence-corrected chi connectivity index (χ2v) is 8.96. The predicted molar refractivity (Wildman–Crippen MR) is 116 cm³/mol. The van der Waals surface area contributed by atoms with Crippen LogP contribution in [0.4, 0.5) is 10.1 Å². The SMILES string of the molecule is COc1cc(C[C@H]2CCN(C(C)(S)c3cc4c(cc3F)NCCO4)C2)cc(C)n1. The highest BCUT2D eigenvalue weighted by Crippen LogP contribution is 2.42. The average Bonchev–Trinajstić information content (AvgIpc) is 3.16. The van der Waals surface area contributed by atoms with Crippen molar-refractivity contribution in [2.24, 2.45) is 5.92 Å². The predicted octanol–water partition coefficient (Wildman–Crippen LogP) is 4.01. The minimum Gasteiger partial charge on any atom is -0.490 e. The molecule has 2 aliphatic heterocycles. The van der Waals surface area contributed by atoms with E-state index in [1.807, 2.05) is 19.9 Å². The van der Waals surface area contributed by atoms with Gasteiger partial charge in [0.25, 0.3) is 0 Å². The van der Waals surface area contributed by atoms with E-state index < -0.39 is 4.87 Å². The smallest absolute Gasteiger partial charge is 0.213 e. The summed E-state index contributed by atoms with van der Waals surface area (Å²) in [6.07, 6.45) is 1.99. The van der Waals surface area contributed by atoms with Crippen molar-refractivity contribution in [2.45, 2.75) is 31.6 Å². The van der Waals surface area contributed by atoms with E-state index in [4.69, 9.17) is 22.1 Å². The van der Waals surface area contributed by atoms with E-state index in [0.29, 0.717) is 41.9 Å². The number of hydrogen-bond donors (Lipinski definition) is 2. The molecule has 5 nitrogen and oxygen atoms in total. The van der Waals surface area contributed by atoms with Crippen LogP contribution in [-0.2, 0) is 11.3 Å². The Balaban J connectivity index is 1.50. The van der Waals surface area contributed by atoms with Crippen molar-refractivity contribution < 1.29 is 13.9 Å². The highest BCUT2D eigenvalue weighted by Gasteiger charge is 2.38. The van der Waals surface area contributed by atoms with Gasteiger partial charge in [0.1, 0.15) is 18.2 Å². The summed E-state index contributed by atoms with van der Waals surface area (Å²) in [5.74, 6) is 1.57. The Bertz CT molecular complexity index is 906. The van der Waals surface area contributed by atoms with Gasteiger partial charge in [-0.1, -0.05) is 0 Å². The van der Waals surface area contributed by atoms with Gasteiger partial charge in [-0.2, -0.15) is 12.6 Å². The number of rotatable bonds is 5. The maximum Gasteiger partial charge on any atom is 0.213 e. The number of benzene rings is 1. The van der Waals surface area contributed by atoms with Gasteiger partial charge in [0, 0.05) is 43.0 Å². The van der Waals surface area contributed by atoms with E-state index in [1.54, 1.807) is 13.2 Å². The molecule has 0 bridgehead atoms. The quantitative estimate of drug-likeness (QED) is 0.720. The average molecular weight is 418 g/mol. The lowest BCUT2D eigenvalue weighted by Gasteiger charge is -2.36. The van der Waals surface area contributed by atoms with Crippen molar-refractivity contribution in [3.8, 4) is 11.6 Å². The lowest BCUT2D eigenvalue weighted by molar-refractivity contribution is 0.216. The van der Waals surface area contributed by atoms with E-state index in [0.717, 1.165) is 31.6 Å². The number of methoxy groups -OCH3 is 1. The van der Waals surface area contributed by atoms with E-state index in [1.165, 1.54) is 11.6 Å². The third kappa shape index (κ3) is 4.16. The Hall–Kier alpha value is -1.99. The molecule has 2 atom stereocenters. The zero-order chi connectivity index (χ0) is 20.6. The number of halogens is 1. The van der Waals surface area contributed by atoms with Crippen LogP contribution >= 0.6 is 12.6 Å². The van der Waals surface area contributed by atoms with Gasteiger partial charge in [0.15, 0.2) is 0 Å². The Morgan fingerprint density at radius 3 is 3.00 bits per heavy atom. The molecule has 1 saturated heterocycles. The van der Waals surface area contributed by atoms with E-state index in [9.17, 15) is 4.39 Å². The van der Waals surface area contributed by atoms with E-state index in [2.05, 4.69) is 21.3 Å².